The SMILES string of the molecule is COc1ccc(C2CC(NC(=O)[C@@H]3C[C@@H](OC)CN3)C2)cc1. The van der Waals surface area contributed by atoms with Crippen LogP contribution in [0.25, 0.3) is 0 Å². The Bertz CT molecular complexity index is 511. The summed E-state index contributed by atoms with van der Waals surface area (Å²) in [5.41, 5.74) is 1.32. The molecule has 120 valence electrons. The highest BCUT2D eigenvalue weighted by Crippen LogP contribution is 2.37. The van der Waals surface area contributed by atoms with Crippen LogP contribution in [0.4, 0.5) is 0 Å². The number of rotatable bonds is 5. The van der Waals surface area contributed by atoms with Gasteiger partial charge in [0.15, 0.2) is 0 Å². The van der Waals surface area contributed by atoms with Crippen LogP contribution >= 0.6 is 0 Å². The number of hydrogen-bond donors (Lipinski definition) is 2. The molecule has 0 radical (unpaired) electrons. The molecule has 2 atom stereocenters. The van der Waals surface area contributed by atoms with Gasteiger partial charge in [0.2, 0.25) is 5.91 Å². The Labute approximate surface area is 131 Å². The highest BCUT2D eigenvalue weighted by molar-refractivity contribution is 5.82. The van der Waals surface area contributed by atoms with E-state index in [9.17, 15) is 4.79 Å². The van der Waals surface area contributed by atoms with Crippen molar-refractivity contribution in [3.05, 3.63) is 29.8 Å². The summed E-state index contributed by atoms with van der Waals surface area (Å²) in [6.07, 6.45) is 2.94. The van der Waals surface area contributed by atoms with Crippen molar-refractivity contribution in [3.8, 4) is 5.75 Å². The summed E-state index contributed by atoms with van der Waals surface area (Å²) in [6.45, 7) is 0.758. The zero-order chi connectivity index (χ0) is 15.5. The molecular formula is C17H24N2O3. The van der Waals surface area contributed by atoms with E-state index < -0.39 is 0 Å². The first-order chi connectivity index (χ1) is 10.7. The Balaban J connectivity index is 1.44. The molecule has 1 aromatic carbocycles. The molecule has 0 aromatic heterocycles. The first-order valence-corrected chi connectivity index (χ1v) is 7.90. The molecule has 0 bridgehead atoms. The van der Waals surface area contributed by atoms with Crippen LogP contribution in [-0.2, 0) is 9.53 Å². The first-order valence-electron chi connectivity index (χ1n) is 7.90. The molecule has 1 aliphatic carbocycles. The monoisotopic (exact) mass is 304 g/mol. The first kappa shape index (κ1) is 15.3. The van der Waals surface area contributed by atoms with Crippen molar-refractivity contribution in [2.24, 2.45) is 0 Å². The molecule has 5 nitrogen and oxygen atoms in total. The summed E-state index contributed by atoms with van der Waals surface area (Å²) in [4.78, 5) is 12.2. The summed E-state index contributed by atoms with van der Waals surface area (Å²) >= 11 is 0. The van der Waals surface area contributed by atoms with E-state index in [0.717, 1.165) is 31.6 Å². The van der Waals surface area contributed by atoms with Crippen LogP contribution in [0.15, 0.2) is 24.3 Å². The van der Waals surface area contributed by atoms with E-state index in [-0.39, 0.29) is 18.1 Å². The largest absolute Gasteiger partial charge is 0.497 e. The summed E-state index contributed by atoms with van der Waals surface area (Å²) in [5, 5.41) is 6.36. The van der Waals surface area contributed by atoms with Gasteiger partial charge in [0.1, 0.15) is 5.75 Å². The van der Waals surface area contributed by atoms with E-state index >= 15 is 0 Å². The lowest BCUT2D eigenvalue weighted by atomic mass is 9.76. The Morgan fingerprint density at radius 1 is 1.18 bits per heavy atom. The van der Waals surface area contributed by atoms with Gasteiger partial charge in [0.05, 0.1) is 19.3 Å². The maximum atomic E-state index is 12.2. The number of ether oxygens (including phenoxy) is 2. The molecule has 1 aromatic rings. The number of carbonyl (C=O) groups is 1. The summed E-state index contributed by atoms with van der Waals surface area (Å²) in [5.74, 6) is 1.53. The van der Waals surface area contributed by atoms with E-state index in [4.69, 9.17) is 9.47 Å². The van der Waals surface area contributed by atoms with Crippen LogP contribution in [0, 0.1) is 0 Å². The van der Waals surface area contributed by atoms with Crippen LogP contribution in [0.1, 0.15) is 30.7 Å². The second kappa shape index (κ2) is 6.67. The lowest BCUT2D eigenvalue weighted by molar-refractivity contribution is -0.124. The quantitative estimate of drug-likeness (QED) is 0.864. The topological polar surface area (TPSA) is 59.6 Å². The van der Waals surface area contributed by atoms with Crippen molar-refractivity contribution < 1.29 is 14.3 Å². The molecule has 1 heterocycles. The third-order valence-corrected chi connectivity index (χ3v) is 4.81. The molecule has 0 spiro atoms. The third-order valence-electron chi connectivity index (χ3n) is 4.81. The van der Waals surface area contributed by atoms with Crippen LogP contribution in [0.2, 0.25) is 0 Å². The number of nitrogens with one attached hydrogen (secondary N) is 2. The molecule has 3 rings (SSSR count). The zero-order valence-electron chi connectivity index (χ0n) is 13.2. The molecule has 0 unspecified atom stereocenters. The number of hydrogen-bond acceptors (Lipinski definition) is 4. The van der Waals surface area contributed by atoms with Crippen LogP contribution in [0.5, 0.6) is 5.75 Å². The van der Waals surface area contributed by atoms with Crippen molar-refractivity contribution in [2.45, 2.75) is 43.4 Å². The smallest absolute Gasteiger partial charge is 0.237 e. The fraction of sp³-hybridized carbons (Fsp3) is 0.588. The molecule has 1 saturated carbocycles. The van der Waals surface area contributed by atoms with Crippen molar-refractivity contribution in [2.75, 3.05) is 20.8 Å². The number of benzene rings is 1. The Morgan fingerprint density at radius 3 is 2.50 bits per heavy atom. The van der Waals surface area contributed by atoms with Crippen molar-refractivity contribution in [3.63, 3.8) is 0 Å². The molecule has 5 heteroatoms. The van der Waals surface area contributed by atoms with Gasteiger partial charge in [-0.05, 0) is 42.9 Å². The minimum atomic E-state index is -0.106. The maximum Gasteiger partial charge on any atom is 0.237 e. The molecule has 2 N–H and O–H groups in total. The maximum absolute atomic E-state index is 12.2. The highest BCUT2D eigenvalue weighted by atomic mass is 16.5. The van der Waals surface area contributed by atoms with E-state index in [1.54, 1.807) is 14.2 Å². The van der Waals surface area contributed by atoms with Crippen LogP contribution in [-0.4, -0.2) is 44.9 Å². The Hall–Kier alpha value is -1.59. The molecule has 2 aliphatic rings. The second-order valence-corrected chi connectivity index (χ2v) is 6.20. The fourth-order valence-electron chi connectivity index (χ4n) is 3.27. The van der Waals surface area contributed by atoms with E-state index in [1.807, 2.05) is 12.1 Å². The zero-order valence-corrected chi connectivity index (χ0v) is 13.2. The minimum absolute atomic E-state index is 0.106. The third kappa shape index (κ3) is 3.25. The summed E-state index contributed by atoms with van der Waals surface area (Å²) in [7, 11) is 3.37. The molecular weight excluding hydrogens is 280 g/mol. The van der Waals surface area contributed by atoms with Crippen LogP contribution in [0.3, 0.4) is 0 Å². The highest BCUT2D eigenvalue weighted by Gasteiger charge is 2.35. The average molecular weight is 304 g/mol. The number of amides is 1. The van der Waals surface area contributed by atoms with Gasteiger partial charge in [-0.3, -0.25) is 4.79 Å². The Kier molecular flexibility index (Phi) is 4.64. The van der Waals surface area contributed by atoms with Crippen LogP contribution < -0.4 is 15.4 Å². The van der Waals surface area contributed by atoms with Crippen molar-refractivity contribution >= 4 is 5.91 Å². The molecule has 1 amide bonds. The normalized spacial score (nSPS) is 30.6. The van der Waals surface area contributed by atoms with E-state index in [0.29, 0.717) is 12.0 Å². The predicted molar refractivity (Wildman–Crippen MR) is 84.1 cm³/mol. The Morgan fingerprint density at radius 2 is 1.91 bits per heavy atom. The van der Waals surface area contributed by atoms with Gasteiger partial charge in [0.25, 0.3) is 0 Å². The number of methoxy groups -OCH3 is 2. The minimum Gasteiger partial charge on any atom is -0.497 e. The van der Waals surface area contributed by atoms with Gasteiger partial charge in [-0.2, -0.15) is 0 Å². The van der Waals surface area contributed by atoms with Gasteiger partial charge < -0.3 is 20.1 Å². The number of carbonyl (C=O) groups excluding carboxylic acids is 1. The molecule has 1 saturated heterocycles. The van der Waals surface area contributed by atoms with E-state index in [1.165, 1.54) is 5.56 Å². The van der Waals surface area contributed by atoms with Gasteiger partial charge in [-0.25, -0.2) is 0 Å². The lowest BCUT2D eigenvalue weighted by Gasteiger charge is -2.36. The van der Waals surface area contributed by atoms with Gasteiger partial charge >= 0.3 is 0 Å². The molecule has 22 heavy (non-hydrogen) atoms. The molecule has 2 fully saturated rings. The van der Waals surface area contributed by atoms with Crippen molar-refractivity contribution in [1.82, 2.24) is 10.6 Å². The standard InChI is InChI=1S/C17H24N2O3/c1-21-14-5-3-11(4-6-14)12-7-13(8-12)19-17(20)16-9-15(22-2)10-18-16/h3-6,12-13,15-16,18H,7-10H2,1-2H3,(H,19,20)/t12?,13?,15-,16+/m1/s1. The summed E-state index contributed by atoms with van der Waals surface area (Å²) < 4.78 is 10.5. The summed E-state index contributed by atoms with van der Waals surface area (Å²) in [6, 6.07) is 8.41. The van der Waals surface area contributed by atoms with Gasteiger partial charge in [-0.1, -0.05) is 12.1 Å². The van der Waals surface area contributed by atoms with Gasteiger partial charge in [0, 0.05) is 19.7 Å². The van der Waals surface area contributed by atoms with Crippen molar-refractivity contribution in [1.29, 1.82) is 0 Å². The molecule has 1 aliphatic heterocycles. The lowest BCUT2D eigenvalue weighted by Crippen LogP contribution is -2.49. The predicted octanol–water partition coefficient (Wildman–Crippen LogP) is 1.43. The van der Waals surface area contributed by atoms with Gasteiger partial charge in [-0.15, -0.1) is 0 Å². The fourth-order valence-corrected chi connectivity index (χ4v) is 3.27. The van der Waals surface area contributed by atoms with E-state index in [2.05, 4.69) is 22.8 Å². The average Bonchev–Trinajstić information content (AvgIpc) is 2.99. The second-order valence-electron chi connectivity index (χ2n) is 6.20.